The molecule has 2 rings (SSSR count). The molecule has 0 radical (unpaired) electrons. The SMILES string of the molecule is COc1ccc(CN(C)C(=O)C[NH+](C)CC(=O)Nc2cccc(C)c2C)cc1. The Balaban J connectivity index is 1.83. The van der Waals surface area contributed by atoms with Crippen LogP contribution in [0, 0.1) is 13.8 Å². The molecule has 0 bridgehead atoms. The highest BCUT2D eigenvalue weighted by atomic mass is 16.5. The number of quaternary nitrogens is 1. The largest absolute Gasteiger partial charge is 0.497 e. The molecular weight excluding hydrogens is 354 g/mol. The van der Waals surface area contributed by atoms with Gasteiger partial charge in [0.15, 0.2) is 13.1 Å². The van der Waals surface area contributed by atoms with Crippen LogP contribution in [0.3, 0.4) is 0 Å². The van der Waals surface area contributed by atoms with Gasteiger partial charge in [-0.1, -0.05) is 24.3 Å². The van der Waals surface area contributed by atoms with Crippen LogP contribution in [0.25, 0.3) is 0 Å². The van der Waals surface area contributed by atoms with Gasteiger partial charge in [-0.3, -0.25) is 9.59 Å². The van der Waals surface area contributed by atoms with Crippen LogP contribution in [0.2, 0.25) is 0 Å². The van der Waals surface area contributed by atoms with E-state index in [4.69, 9.17) is 4.74 Å². The summed E-state index contributed by atoms with van der Waals surface area (Å²) in [5.74, 6) is 0.682. The lowest BCUT2D eigenvalue weighted by atomic mass is 10.1. The highest BCUT2D eigenvalue weighted by Crippen LogP contribution is 2.17. The lowest BCUT2D eigenvalue weighted by molar-refractivity contribution is -0.862. The van der Waals surface area contributed by atoms with Crippen LogP contribution >= 0.6 is 0 Å². The molecule has 0 saturated carbocycles. The maximum atomic E-state index is 12.5. The summed E-state index contributed by atoms with van der Waals surface area (Å²) in [6.45, 7) is 5.01. The Morgan fingerprint density at radius 2 is 1.75 bits per heavy atom. The first-order chi connectivity index (χ1) is 13.3. The Bertz CT molecular complexity index is 818. The van der Waals surface area contributed by atoms with Crippen LogP contribution in [0.4, 0.5) is 5.69 Å². The fraction of sp³-hybridized carbons (Fsp3) is 0.364. The van der Waals surface area contributed by atoms with Crippen LogP contribution in [0.1, 0.15) is 16.7 Å². The van der Waals surface area contributed by atoms with Crippen LogP contribution in [0.15, 0.2) is 42.5 Å². The Morgan fingerprint density at radius 3 is 2.39 bits per heavy atom. The van der Waals surface area contributed by atoms with E-state index in [1.54, 1.807) is 19.1 Å². The van der Waals surface area contributed by atoms with Crippen molar-refractivity contribution in [2.24, 2.45) is 0 Å². The van der Waals surface area contributed by atoms with Crippen molar-refractivity contribution in [3.05, 3.63) is 59.2 Å². The lowest BCUT2D eigenvalue weighted by Crippen LogP contribution is -3.11. The minimum Gasteiger partial charge on any atom is -0.497 e. The minimum absolute atomic E-state index is 0.00662. The number of ether oxygens (including phenoxy) is 1. The van der Waals surface area contributed by atoms with Gasteiger partial charge in [0, 0.05) is 19.3 Å². The number of anilines is 1. The molecule has 2 N–H and O–H groups in total. The summed E-state index contributed by atoms with van der Waals surface area (Å²) in [6.07, 6.45) is 0. The fourth-order valence-corrected chi connectivity index (χ4v) is 2.90. The van der Waals surface area contributed by atoms with E-state index in [-0.39, 0.29) is 24.9 Å². The van der Waals surface area contributed by atoms with E-state index in [1.165, 1.54) is 0 Å². The van der Waals surface area contributed by atoms with Gasteiger partial charge < -0.3 is 19.9 Å². The van der Waals surface area contributed by atoms with Crippen molar-refractivity contribution in [3.63, 3.8) is 0 Å². The molecule has 2 aromatic carbocycles. The number of methoxy groups -OCH3 is 1. The number of amides is 2. The van der Waals surface area contributed by atoms with Crippen LogP contribution < -0.4 is 15.0 Å². The number of carbonyl (C=O) groups excluding carboxylic acids is 2. The van der Waals surface area contributed by atoms with Gasteiger partial charge >= 0.3 is 0 Å². The van der Waals surface area contributed by atoms with Gasteiger partial charge in [0.1, 0.15) is 5.75 Å². The monoisotopic (exact) mass is 384 g/mol. The third-order valence-corrected chi connectivity index (χ3v) is 4.80. The van der Waals surface area contributed by atoms with E-state index in [9.17, 15) is 9.59 Å². The molecule has 0 heterocycles. The molecule has 6 heteroatoms. The van der Waals surface area contributed by atoms with Crippen LogP contribution in [0.5, 0.6) is 5.75 Å². The molecule has 2 amide bonds. The molecule has 150 valence electrons. The van der Waals surface area contributed by atoms with Crippen molar-refractivity contribution in [1.29, 1.82) is 0 Å². The first-order valence-electron chi connectivity index (χ1n) is 9.34. The third-order valence-electron chi connectivity index (χ3n) is 4.80. The van der Waals surface area contributed by atoms with Crippen molar-refractivity contribution in [2.75, 3.05) is 39.6 Å². The Hall–Kier alpha value is -2.86. The highest BCUT2D eigenvalue weighted by molar-refractivity contribution is 5.92. The molecule has 1 unspecified atom stereocenters. The number of aryl methyl sites for hydroxylation is 1. The topological polar surface area (TPSA) is 63.1 Å². The van der Waals surface area contributed by atoms with Gasteiger partial charge in [-0.15, -0.1) is 0 Å². The molecule has 1 atom stereocenters. The van der Waals surface area contributed by atoms with E-state index >= 15 is 0 Å². The zero-order chi connectivity index (χ0) is 20.7. The third kappa shape index (κ3) is 6.09. The smallest absolute Gasteiger partial charge is 0.279 e. The van der Waals surface area contributed by atoms with Crippen molar-refractivity contribution >= 4 is 17.5 Å². The fourth-order valence-electron chi connectivity index (χ4n) is 2.90. The molecule has 0 spiro atoms. The standard InChI is InChI=1S/C22H29N3O3/c1-16-7-6-8-20(17(16)2)23-21(26)14-24(3)15-22(27)25(4)13-18-9-11-19(28-5)12-10-18/h6-12H,13-15H2,1-5H3,(H,23,26)/p+1. The second-order valence-electron chi connectivity index (χ2n) is 7.20. The maximum absolute atomic E-state index is 12.5. The van der Waals surface area contributed by atoms with E-state index in [0.717, 1.165) is 33.0 Å². The Morgan fingerprint density at radius 1 is 1.07 bits per heavy atom. The molecule has 0 fully saturated rings. The number of hydrogen-bond donors (Lipinski definition) is 2. The first-order valence-corrected chi connectivity index (χ1v) is 9.34. The lowest BCUT2D eigenvalue weighted by Gasteiger charge is -2.20. The summed E-state index contributed by atoms with van der Waals surface area (Å²) in [4.78, 5) is 27.3. The second kappa shape index (κ2) is 9.90. The zero-order valence-corrected chi connectivity index (χ0v) is 17.3. The predicted molar refractivity (Wildman–Crippen MR) is 111 cm³/mol. The molecule has 6 nitrogen and oxygen atoms in total. The van der Waals surface area contributed by atoms with E-state index in [1.807, 2.05) is 63.4 Å². The zero-order valence-electron chi connectivity index (χ0n) is 17.3. The summed E-state index contributed by atoms with van der Waals surface area (Å²) in [5.41, 5.74) is 4.04. The van der Waals surface area contributed by atoms with Crippen molar-refractivity contribution in [2.45, 2.75) is 20.4 Å². The predicted octanol–water partition coefficient (Wildman–Crippen LogP) is 1.42. The van der Waals surface area contributed by atoms with Gasteiger partial charge in [-0.2, -0.15) is 0 Å². The molecule has 0 aliphatic heterocycles. The molecule has 0 aliphatic carbocycles. The molecule has 2 aromatic rings. The highest BCUT2D eigenvalue weighted by Gasteiger charge is 2.18. The summed E-state index contributed by atoms with van der Waals surface area (Å²) >= 11 is 0. The molecule has 0 aromatic heterocycles. The van der Waals surface area contributed by atoms with Crippen molar-refractivity contribution < 1.29 is 19.2 Å². The first kappa shape index (κ1) is 21.4. The Kier molecular flexibility index (Phi) is 7.58. The molecule has 28 heavy (non-hydrogen) atoms. The normalized spacial score (nSPS) is 11.6. The van der Waals surface area contributed by atoms with E-state index in [2.05, 4.69) is 5.32 Å². The second-order valence-corrected chi connectivity index (χ2v) is 7.20. The van der Waals surface area contributed by atoms with Crippen LogP contribution in [-0.4, -0.2) is 51.0 Å². The van der Waals surface area contributed by atoms with Gasteiger partial charge in [0.25, 0.3) is 11.8 Å². The summed E-state index contributed by atoms with van der Waals surface area (Å²) < 4.78 is 5.15. The van der Waals surface area contributed by atoms with Gasteiger partial charge in [-0.25, -0.2) is 0 Å². The van der Waals surface area contributed by atoms with Gasteiger partial charge in [0.2, 0.25) is 0 Å². The van der Waals surface area contributed by atoms with Gasteiger partial charge in [-0.05, 0) is 48.7 Å². The molecular formula is C22H30N3O3+. The maximum Gasteiger partial charge on any atom is 0.279 e. The Labute approximate surface area is 167 Å². The molecule has 0 aliphatic rings. The average Bonchev–Trinajstić information content (AvgIpc) is 2.65. The average molecular weight is 385 g/mol. The van der Waals surface area contributed by atoms with E-state index in [0.29, 0.717) is 6.54 Å². The van der Waals surface area contributed by atoms with Crippen molar-refractivity contribution in [1.82, 2.24) is 4.90 Å². The quantitative estimate of drug-likeness (QED) is 0.724. The summed E-state index contributed by atoms with van der Waals surface area (Å²) in [6, 6.07) is 13.5. The number of nitrogens with zero attached hydrogens (tertiary/aromatic N) is 1. The van der Waals surface area contributed by atoms with Gasteiger partial charge in [0.05, 0.1) is 14.2 Å². The number of hydrogen-bond acceptors (Lipinski definition) is 3. The molecule has 0 saturated heterocycles. The number of benzene rings is 2. The van der Waals surface area contributed by atoms with Crippen molar-refractivity contribution in [3.8, 4) is 5.75 Å². The summed E-state index contributed by atoms with van der Waals surface area (Å²) in [7, 11) is 5.25. The van der Waals surface area contributed by atoms with E-state index < -0.39 is 0 Å². The van der Waals surface area contributed by atoms with Crippen LogP contribution in [-0.2, 0) is 16.1 Å². The summed E-state index contributed by atoms with van der Waals surface area (Å²) in [5, 5.41) is 2.94. The number of rotatable bonds is 8. The number of nitrogens with one attached hydrogen (secondary N) is 2. The minimum atomic E-state index is -0.100. The number of likely N-dealkylation sites (N-methyl/N-ethyl adjacent to an activating group) is 2. The number of carbonyl (C=O) groups is 2.